The maximum Gasteiger partial charge on any atom is 0.237 e. The first-order valence-corrected chi connectivity index (χ1v) is 13.3. The lowest BCUT2D eigenvalue weighted by atomic mass is 9.96. The average molecular weight is 495 g/mol. The molecule has 182 valence electrons. The van der Waals surface area contributed by atoms with E-state index in [1.165, 1.54) is 6.20 Å². The molecule has 2 aliphatic heterocycles. The molecule has 0 aromatic carbocycles. The Balaban J connectivity index is 1.47. The molecule has 1 unspecified atom stereocenters. The summed E-state index contributed by atoms with van der Waals surface area (Å²) < 4.78 is 24.3. The van der Waals surface area contributed by atoms with E-state index in [9.17, 15) is 13.2 Å². The molecule has 11 nitrogen and oxygen atoms in total. The van der Waals surface area contributed by atoms with Gasteiger partial charge in [-0.2, -0.15) is 10.4 Å². The van der Waals surface area contributed by atoms with Crippen molar-refractivity contribution < 1.29 is 13.2 Å². The van der Waals surface area contributed by atoms with Crippen LogP contribution >= 0.6 is 0 Å². The van der Waals surface area contributed by atoms with Gasteiger partial charge in [0, 0.05) is 53.8 Å². The summed E-state index contributed by atoms with van der Waals surface area (Å²) in [4.78, 5) is 23.6. The van der Waals surface area contributed by atoms with Crippen LogP contribution in [0.5, 0.6) is 0 Å². The number of fused-ring (bicyclic) bond motifs is 3. The van der Waals surface area contributed by atoms with Crippen molar-refractivity contribution in [2.24, 2.45) is 0 Å². The SMILES string of the molecule is Cc1cc(Nc2cc3ncc(S(C)(=O)=O)cc3c(NC3C[C@H]4CC[C@@H](C3)N4C(=O)CC#N)n2)n[nH]1. The van der Waals surface area contributed by atoms with Gasteiger partial charge in [0.15, 0.2) is 15.7 Å². The number of pyridine rings is 2. The maximum atomic E-state index is 12.4. The zero-order chi connectivity index (χ0) is 24.7. The number of carbonyl (C=O) groups is 1. The van der Waals surface area contributed by atoms with Gasteiger partial charge in [-0.3, -0.25) is 14.9 Å². The molecule has 2 fully saturated rings. The van der Waals surface area contributed by atoms with Crippen molar-refractivity contribution in [2.45, 2.75) is 62.0 Å². The van der Waals surface area contributed by atoms with Crippen LogP contribution in [-0.4, -0.2) is 63.8 Å². The van der Waals surface area contributed by atoms with Gasteiger partial charge in [-0.25, -0.2) is 13.4 Å². The van der Waals surface area contributed by atoms with Gasteiger partial charge in [-0.1, -0.05) is 0 Å². The van der Waals surface area contributed by atoms with Crippen LogP contribution in [0, 0.1) is 18.3 Å². The third kappa shape index (κ3) is 4.64. The average Bonchev–Trinajstić information content (AvgIpc) is 3.32. The summed E-state index contributed by atoms with van der Waals surface area (Å²) in [5, 5.41) is 23.3. The van der Waals surface area contributed by atoms with E-state index in [-0.39, 0.29) is 35.3 Å². The summed E-state index contributed by atoms with van der Waals surface area (Å²) in [5.74, 6) is 1.55. The van der Waals surface area contributed by atoms with Gasteiger partial charge in [0.2, 0.25) is 5.91 Å². The number of hydrogen-bond donors (Lipinski definition) is 3. The second kappa shape index (κ2) is 8.81. The summed E-state index contributed by atoms with van der Waals surface area (Å²) in [5.41, 5.74) is 1.49. The number of rotatable bonds is 6. The van der Waals surface area contributed by atoms with E-state index in [1.54, 1.807) is 12.1 Å². The van der Waals surface area contributed by atoms with Crippen LogP contribution in [-0.2, 0) is 14.6 Å². The zero-order valence-electron chi connectivity index (χ0n) is 19.4. The van der Waals surface area contributed by atoms with Crippen molar-refractivity contribution in [1.82, 2.24) is 25.1 Å². The number of amides is 1. The van der Waals surface area contributed by atoms with Crippen LogP contribution in [0.15, 0.2) is 29.3 Å². The molecule has 2 saturated heterocycles. The summed E-state index contributed by atoms with van der Waals surface area (Å²) in [6.07, 6.45) is 5.68. The number of carbonyl (C=O) groups excluding carboxylic acids is 1. The van der Waals surface area contributed by atoms with E-state index >= 15 is 0 Å². The number of aromatic amines is 1. The Hall–Kier alpha value is -3.72. The Labute approximate surface area is 202 Å². The first-order valence-electron chi connectivity index (χ1n) is 11.5. The maximum absolute atomic E-state index is 12.4. The summed E-state index contributed by atoms with van der Waals surface area (Å²) >= 11 is 0. The number of aryl methyl sites for hydroxylation is 1. The zero-order valence-corrected chi connectivity index (χ0v) is 20.3. The van der Waals surface area contributed by atoms with Crippen molar-refractivity contribution >= 4 is 44.1 Å². The molecule has 0 radical (unpaired) electrons. The second-order valence-corrected chi connectivity index (χ2v) is 11.3. The van der Waals surface area contributed by atoms with Crippen LogP contribution < -0.4 is 10.6 Å². The molecule has 3 N–H and O–H groups in total. The van der Waals surface area contributed by atoms with Gasteiger partial charge >= 0.3 is 0 Å². The number of aromatic nitrogens is 4. The minimum Gasteiger partial charge on any atom is -0.367 e. The molecular formula is C23H26N8O3S. The number of nitrogens with zero attached hydrogens (tertiary/aromatic N) is 5. The van der Waals surface area contributed by atoms with Gasteiger partial charge in [0.05, 0.1) is 16.5 Å². The van der Waals surface area contributed by atoms with Gasteiger partial charge in [-0.05, 0) is 38.7 Å². The number of H-pyrrole nitrogens is 1. The molecule has 0 aliphatic carbocycles. The van der Waals surface area contributed by atoms with E-state index < -0.39 is 9.84 Å². The van der Waals surface area contributed by atoms with Crippen molar-refractivity contribution in [3.8, 4) is 6.07 Å². The molecule has 5 rings (SSSR count). The van der Waals surface area contributed by atoms with Crippen molar-refractivity contribution in [1.29, 1.82) is 5.26 Å². The van der Waals surface area contributed by atoms with Crippen molar-refractivity contribution in [3.05, 3.63) is 30.1 Å². The number of hydrogen-bond acceptors (Lipinski definition) is 9. The lowest BCUT2D eigenvalue weighted by Crippen LogP contribution is -2.49. The lowest BCUT2D eigenvalue weighted by molar-refractivity contribution is -0.134. The van der Waals surface area contributed by atoms with E-state index in [2.05, 4.69) is 25.8 Å². The molecule has 0 spiro atoms. The fourth-order valence-electron chi connectivity index (χ4n) is 5.15. The Kier molecular flexibility index (Phi) is 5.80. The molecule has 2 bridgehead atoms. The summed E-state index contributed by atoms with van der Waals surface area (Å²) in [6.45, 7) is 1.90. The number of nitriles is 1. The molecule has 2 aliphatic rings. The number of piperidine rings is 1. The summed E-state index contributed by atoms with van der Waals surface area (Å²) in [6, 6.07) is 7.36. The molecular weight excluding hydrogens is 468 g/mol. The lowest BCUT2D eigenvalue weighted by Gasteiger charge is -2.39. The Morgan fingerprint density at radius 3 is 2.60 bits per heavy atom. The number of sulfone groups is 1. The predicted octanol–water partition coefficient (Wildman–Crippen LogP) is 2.66. The Bertz CT molecular complexity index is 1430. The molecule has 12 heteroatoms. The fraction of sp³-hybridized carbons (Fsp3) is 0.435. The van der Waals surface area contributed by atoms with E-state index in [0.29, 0.717) is 28.4 Å². The number of anilines is 3. The van der Waals surface area contributed by atoms with Gasteiger partial charge < -0.3 is 15.5 Å². The van der Waals surface area contributed by atoms with Gasteiger partial charge in [-0.15, -0.1) is 0 Å². The van der Waals surface area contributed by atoms with Gasteiger partial charge in [0.25, 0.3) is 0 Å². The van der Waals surface area contributed by atoms with E-state index in [1.807, 2.05) is 24.0 Å². The highest BCUT2D eigenvalue weighted by atomic mass is 32.2. The molecule has 3 aromatic heterocycles. The Morgan fingerprint density at radius 1 is 1.23 bits per heavy atom. The highest BCUT2D eigenvalue weighted by Gasteiger charge is 2.43. The largest absolute Gasteiger partial charge is 0.367 e. The topological polar surface area (TPSA) is 157 Å². The fourth-order valence-corrected chi connectivity index (χ4v) is 5.72. The van der Waals surface area contributed by atoms with Crippen molar-refractivity contribution in [3.63, 3.8) is 0 Å². The third-order valence-corrected chi connectivity index (χ3v) is 7.72. The van der Waals surface area contributed by atoms with Crippen LogP contribution in [0.2, 0.25) is 0 Å². The minimum atomic E-state index is -3.45. The first kappa shape index (κ1) is 23.0. The highest BCUT2D eigenvalue weighted by molar-refractivity contribution is 7.90. The minimum absolute atomic E-state index is 0.0408. The summed E-state index contributed by atoms with van der Waals surface area (Å²) in [7, 11) is -3.45. The van der Waals surface area contributed by atoms with Gasteiger partial charge in [0.1, 0.15) is 18.1 Å². The predicted molar refractivity (Wildman–Crippen MR) is 130 cm³/mol. The van der Waals surface area contributed by atoms with Crippen LogP contribution in [0.25, 0.3) is 10.9 Å². The third-order valence-electron chi connectivity index (χ3n) is 6.64. The molecule has 35 heavy (non-hydrogen) atoms. The van der Waals surface area contributed by atoms with E-state index in [0.717, 1.165) is 37.6 Å². The van der Waals surface area contributed by atoms with Crippen LogP contribution in [0.3, 0.4) is 0 Å². The van der Waals surface area contributed by atoms with Crippen LogP contribution in [0.1, 0.15) is 37.8 Å². The first-order chi connectivity index (χ1) is 16.7. The highest BCUT2D eigenvalue weighted by Crippen LogP contribution is 2.38. The molecule has 3 atom stereocenters. The smallest absolute Gasteiger partial charge is 0.237 e. The van der Waals surface area contributed by atoms with Crippen molar-refractivity contribution in [2.75, 3.05) is 16.9 Å². The molecule has 0 saturated carbocycles. The second-order valence-electron chi connectivity index (χ2n) is 9.26. The Morgan fingerprint density at radius 2 is 1.97 bits per heavy atom. The normalized spacial score (nSPS) is 21.6. The molecule has 1 amide bonds. The van der Waals surface area contributed by atoms with Crippen LogP contribution in [0.4, 0.5) is 17.5 Å². The monoisotopic (exact) mass is 494 g/mol. The molecule has 3 aromatic rings. The number of nitrogens with one attached hydrogen (secondary N) is 3. The molecule has 5 heterocycles. The standard InChI is InChI=1S/C23H26N8O3S/c1-13-7-21(30-29-13)27-20-11-19-18(10-17(12-25-19)35(2,33)34)23(28-20)26-14-8-15-3-4-16(9-14)31(15)22(32)5-6-24/h7,10-12,14-16H,3-5,8-9H2,1-2H3,(H3,26,27,28,29,30)/t14?,15-,16+. The quantitative estimate of drug-likeness (QED) is 0.468. The van der Waals surface area contributed by atoms with E-state index in [4.69, 9.17) is 10.2 Å².